The minimum absolute atomic E-state index is 0.247. The Kier molecular flexibility index (Phi) is 15.1. The highest BCUT2D eigenvalue weighted by atomic mass is 16.7. The van der Waals surface area contributed by atoms with E-state index in [9.17, 15) is 19.8 Å². The minimum Gasteiger partial charge on any atom is -0.545 e. The van der Waals surface area contributed by atoms with Crippen molar-refractivity contribution in [3.63, 3.8) is 0 Å². The first kappa shape index (κ1) is 48.7. The number of esters is 1. The number of aliphatic hydroxyl groups excluding tert-OH is 1. The van der Waals surface area contributed by atoms with E-state index in [0.717, 1.165) is 117 Å². The number of carboxylic acid groups (broad SMARTS) is 1. The number of aromatic hydroxyl groups is 1. The number of anilines is 2. The zero-order chi connectivity index (χ0) is 49.5. The predicted molar refractivity (Wildman–Crippen MR) is 252 cm³/mol. The van der Waals surface area contributed by atoms with Gasteiger partial charge in [0.1, 0.15) is 30.3 Å². The summed E-state index contributed by atoms with van der Waals surface area (Å²) in [7, 11) is 0. The molecule has 5 aromatic carbocycles. The Balaban J connectivity index is 0.000000162. The Bertz CT molecular complexity index is 3040. The number of aromatic carboxylic acids is 1. The van der Waals surface area contributed by atoms with Crippen molar-refractivity contribution in [2.75, 3.05) is 49.1 Å². The van der Waals surface area contributed by atoms with Gasteiger partial charge in [0.15, 0.2) is 0 Å². The summed E-state index contributed by atoms with van der Waals surface area (Å²) in [5.41, 5.74) is 14.8. The molecule has 2 N–H and O–H groups in total. The lowest BCUT2D eigenvalue weighted by Gasteiger charge is -2.39. The Labute approximate surface area is 402 Å². The third-order valence-electron chi connectivity index (χ3n) is 14.2. The van der Waals surface area contributed by atoms with E-state index in [2.05, 4.69) is 37.3 Å². The van der Waals surface area contributed by atoms with Crippen molar-refractivity contribution < 1.29 is 53.6 Å². The first-order valence-electron chi connectivity index (χ1n) is 23.6. The lowest BCUT2D eigenvalue weighted by Crippen LogP contribution is -2.45. The van der Waals surface area contributed by atoms with Gasteiger partial charge in [-0.25, -0.2) is 9.37 Å². The lowest BCUT2D eigenvalue weighted by molar-refractivity contribution is -0.255. The van der Waals surface area contributed by atoms with E-state index in [1.807, 2.05) is 18.2 Å². The summed E-state index contributed by atoms with van der Waals surface area (Å²) in [6.07, 6.45) is 12.8. The Morgan fingerprint density at radius 2 is 1.20 bits per heavy atom. The van der Waals surface area contributed by atoms with Crippen LogP contribution in [0, 0.1) is 9.93 Å². The Hall–Kier alpha value is -7.77. The van der Waals surface area contributed by atoms with Crippen LogP contribution in [-0.4, -0.2) is 73.7 Å². The molecule has 0 saturated carbocycles. The van der Waals surface area contributed by atoms with E-state index in [1.165, 1.54) is 82.5 Å². The maximum atomic E-state index is 12.3. The molecule has 0 fully saturated rings. The van der Waals surface area contributed by atoms with Crippen LogP contribution in [0.3, 0.4) is 0 Å². The summed E-state index contributed by atoms with van der Waals surface area (Å²) < 4.78 is 14.1. The third-order valence-corrected chi connectivity index (χ3v) is 14.2. The van der Waals surface area contributed by atoms with Gasteiger partial charge in [0, 0.05) is 104 Å². The number of fused-ring (bicyclic) bond motifs is 5. The van der Waals surface area contributed by atoms with Gasteiger partial charge in [0.2, 0.25) is 11.6 Å². The first-order chi connectivity index (χ1) is 34.2. The molecule has 0 aromatic heterocycles. The smallest absolute Gasteiger partial charge is 0.373 e. The van der Waals surface area contributed by atoms with E-state index in [1.54, 1.807) is 36.4 Å². The average molecular weight is 950 g/mol. The molecule has 0 aliphatic carbocycles. The maximum Gasteiger partial charge on any atom is 0.373 e. The van der Waals surface area contributed by atoms with Gasteiger partial charge in [0.05, 0.1) is 17.1 Å². The number of cyclic esters (lactones) is 1. The fourth-order valence-corrected chi connectivity index (χ4v) is 11.6. The second-order valence-electron chi connectivity index (χ2n) is 18.0. The number of aliphatic hydroxyl groups is 1. The van der Waals surface area contributed by atoms with Crippen LogP contribution in [0.4, 0.5) is 11.4 Å². The first-order valence-corrected chi connectivity index (χ1v) is 23.6. The zero-order valence-electron chi connectivity index (χ0n) is 38.5. The molecule has 360 valence electrons. The van der Waals surface area contributed by atoms with Crippen molar-refractivity contribution >= 4 is 41.2 Å². The van der Waals surface area contributed by atoms with Gasteiger partial charge in [0.25, 0.3) is 0 Å². The number of carbonyl (C=O) groups is 2. The molecular weight excluding hydrogens is 899 g/mol. The van der Waals surface area contributed by atoms with Gasteiger partial charge in [-0.1, -0.05) is 48.5 Å². The average Bonchev–Trinajstić information content (AvgIpc) is 3.68. The molecule has 70 heavy (non-hydrogen) atoms. The van der Waals surface area contributed by atoms with Crippen molar-refractivity contribution in [1.29, 1.82) is 0 Å². The number of benzene rings is 5. The van der Waals surface area contributed by atoms with Gasteiger partial charge >= 0.3 is 18.3 Å². The van der Waals surface area contributed by atoms with E-state index in [4.69, 9.17) is 39.0 Å². The molecule has 0 radical (unpaired) electrons. The van der Waals surface area contributed by atoms with Crippen LogP contribution in [0.1, 0.15) is 116 Å². The molecule has 0 amide bonds. The van der Waals surface area contributed by atoms with E-state index < -0.39 is 18.2 Å². The van der Waals surface area contributed by atoms with Crippen molar-refractivity contribution in [2.24, 2.45) is 0 Å². The number of rotatable bonds is 2. The summed E-state index contributed by atoms with van der Waals surface area (Å²) >= 11 is 0. The monoisotopic (exact) mass is 949 g/mol. The maximum absolute atomic E-state index is 12.3. The molecule has 1 atom stereocenters. The highest BCUT2D eigenvalue weighted by Crippen LogP contribution is 2.49. The van der Waals surface area contributed by atoms with Gasteiger partial charge in [-0.2, -0.15) is 19.2 Å². The molecular formula is C54H51N3O13. The van der Waals surface area contributed by atoms with Gasteiger partial charge in [-0.3, -0.25) is 0 Å². The largest absolute Gasteiger partial charge is 0.545 e. The van der Waals surface area contributed by atoms with E-state index >= 15 is 0 Å². The van der Waals surface area contributed by atoms with E-state index in [0.29, 0.717) is 16.9 Å². The highest BCUT2D eigenvalue weighted by Gasteiger charge is 2.36. The summed E-state index contributed by atoms with van der Waals surface area (Å²) in [5, 5.41) is 33.7. The standard InChI is InChI=1S/C32H30N2O3.C12H15NO.C8H6O3.2CO2.O2/c35-32(36)22-10-2-1-9-21(22)27-25-17-19-7-3-13-33-15-5-11-23(28(19)33)30(25)37-31-24-12-6-16-34-14-4-8-20(29(24)34)18-26(27)31;14-11-6-5-9-3-1-7-13-8-2-4-10(11)12(9)13;9-7-5-3-1-2-4-6(5)8(10)11-7;2*2-1-3;1-2/h1-2,9-10,17-18H,3-8,11-16H2;5-6,14H,1-4,7-8H2;1-4,7,9H;;;. The topological polar surface area (TPSA) is 228 Å². The summed E-state index contributed by atoms with van der Waals surface area (Å²) in [5.74, 6) is 0.812. The molecule has 16 nitrogen and oxygen atoms in total. The van der Waals surface area contributed by atoms with Crippen molar-refractivity contribution in [3.05, 3.63) is 154 Å². The van der Waals surface area contributed by atoms with Crippen LogP contribution >= 0.6 is 0 Å². The van der Waals surface area contributed by atoms with Crippen LogP contribution in [0.5, 0.6) is 17.2 Å². The van der Waals surface area contributed by atoms with Crippen molar-refractivity contribution in [1.82, 2.24) is 4.58 Å². The minimum atomic E-state index is -1.13. The number of carbonyl (C=O) groups excluding carboxylic acids is 6. The molecule has 5 aromatic rings. The molecule has 0 spiro atoms. The van der Waals surface area contributed by atoms with Crippen molar-refractivity contribution in [2.45, 2.75) is 83.3 Å². The third kappa shape index (κ3) is 9.24. The number of nitrogens with zero attached hydrogens (tertiary/aromatic N) is 3. The molecule has 8 aliphatic heterocycles. The number of carboxylic acids is 1. The predicted octanol–water partition coefficient (Wildman–Crippen LogP) is 4.32. The van der Waals surface area contributed by atoms with Crippen LogP contribution in [0.15, 0.2) is 72.8 Å². The number of ether oxygens (including phenoxy) is 2. The van der Waals surface area contributed by atoms with E-state index in [-0.39, 0.29) is 17.9 Å². The fraction of sp³-hybridized carbons (Fsp3) is 0.352. The Morgan fingerprint density at radius 3 is 1.87 bits per heavy atom. The SMILES string of the molecule is O=C([O-])c1ccccc1C1=c2cc3c4c(c2Oc2c1cc1c5c2CCCN5CCC1)CCC[N+]=4CCC3.O=C1OC(O)c2ccccc21.O=C=O.O=C=O.O=O.Oc1ccc2c3c1CCCN3CCC2. The van der Waals surface area contributed by atoms with Gasteiger partial charge in [-0.15, -0.1) is 0 Å². The van der Waals surface area contributed by atoms with Crippen LogP contribution in [-0.2, 0) is 62.4 Å². The number of phenolic OH excluding ortho intramolecular Hbond substituents is 1. The second-order valence-corrected chi connectivity index (χ2v) is 18.0. The molecule has 1 unspecified atom stereocenters. The van der Waals surface area contributed by atoms with Gasteiger partial charge < -0.3 is 39.4 Å². The van der Waals surface area contributed by atoms with Crippen LogP contribution in [0.2, 0.25) is 0 Å². The van der Waals surface area contributed by atoms with Gasteiger partial charge in [-0.05, 0) is 105 Å². The summed E-state index contributed by atoms with van der Waals surface area (Å²) in [4.78, 5) is 74.7. The van der Waals surface area contributed by atoms with Crippen molar-refractivity contribution in [3.8, 4) is 17.2 Å². The molecule has 8 aliphatic rings. The quantitative estimate of drug-likeness (QED) is 0.182. The normalized spacial score (nSPS) is 17.4. The number of phenols is 1. The van der Waals surface area contributed by atoms with Crippen LogP contribution < -0.4 is 34.8 Å². The number of hydrogen-bond acceptors (Lipinski definition) is 15. The highest BCUT2D eigenvalue weighted by molar-refractivity contribution is 5.98. The molecule has 0 bridgehead atoms. The zero-order valence-corrected chi connectivity index (χ0v) is 38.5. The summed E-state index contributed by atoms with van der Waals surface area (Å²) in [6.45, 7) is 6.76. The second kappa shape index (κ2) is 21.7. The Morgan fingerprint density at radius 1 is 0.643 bits per heavy atom. The number of aryl methyl sites for hydroxylation is 3. The summed E-state index contributed by atoms with van der Waals surface area (Å²) in [6, 6.07) is 22.7. The van der Waals surface area contributed by atoms with Crippen LogP contribution in [0.25, 0.3) is 5.57 Å². The molecule has 0 saturated heterocycles. The molecule has 16 heteroatoms. The molecule has 13 rings (SSSR count). The number of hydrogen-bond donors (Lipinski definition) is 2. The lowest BCUT2D eigenvalue weighted by atomic mass is 9.82. The molecule has 8 heterocycles. The fourth-order valence-electron chi connectivity index (χ4n) is 11.6.